The predicted molar refractivity (Wildman–Crippen MR) is 68.8 cm³/mol. The lowest BCUT2D eigenvalue weighted by molar-refractivity contribution is 0.0749. The van der Waals surface area contributed by atoms with Gasteiger partial charge in [-0.25, -0.2) is 0 Å². The van der Waals surface area contributed by atoms with E-state index in [1.807, 2.05) is 13.8 Å². The Bertz CT molecular complexity index is 402. The van der Waals surface area contributed by atoms with E-state index in [1.165, 1.54) is 29.5 Å². The van der Waals surface area contributed by atoms with Crippen molar-refractivity contribution in [3.63, 3.8) is 0 Å². The topological polar surface area (TPSA) is 29.5 Å². The predicted octanol–water partition coefficient (Wildman–Crippen LogP) is 3.29. The van der Waals surface area contributed by atoms with Gasteiger partial charge in [-0.1, -0.05) is 25.5 Å². The smallest absolute Gasteiger partial charge is 0.0844 e. The molecule has 17 heavy (non-hydrogen) atoms. The van der Waals surface area contributed by atoms with E-state index in [2.05, 4.69) is 19.1 Å². The molecule has 1 aromatic carbocycles. The molecule has 0 saturated heterocycles. The van der Waals surface area contributed by atoms with Crippen LogP contribution in [0, 0.1) is 0 Å². The van der Waals surface area contributed by atoms with Crippen molar-refractivity contribution in [2.75, 3.05) is 0 Å². The first-order valence-corrected chi connectivity index (χ1v) is 6.47. The first-order valence-electron chi connectivity index (χ1n) is 6.47. The summed E-state index contributed by atoms with van der Waals surface area (Å²) >= 11 is 0. The molecule has 0 aliphatic carbocycles. The molecule has 0 unspecified atom stereocenters. The molecule has 0 amide bonds. The van der Waals surface area contributed by atoms with Gasteiger partial charge in [-0.3, -0.25) is 0 Å². The van der Waals surface area contributed by atoms with Crippen LogP contribution in [0.3, 0.4) is 0 Å². The first kappa shape index (κ1) is 12.6. The monoisotopic (exact) mass is 234 g/mol. The second-order valence-corrected chi connectivity index (χ2v) is 5.44. The van der Waals surface area contributed by atoms with E-state index in [4.69, 9.17) is 4.74 Å². The third-order valence-corrected chi connectivity index (χ3v) is 3.38. The summed E-state index contributed by atoms with van der Waals surface area (Å²) in [5, 5.41) is 10.2. The van der Waals surface area contributed by atoms with E-state index in [0.717, 1.165) is 12.0 Å². The highest BCUT2D eigenvalue weighted by atomic mass is 16.5. The molecule has 2 heteroatoms. The second kappa shape index (κ2) is 4.79. The van der Waals surface area contributed by atoms with Crippen LogP contribution in [-0.4, -0.2) is 5.11 Å². The minimum absolute atomic E-state index is 0.642. The van der Waals surface area contributed by atoms with Gasteiger partial charge in [0.05, 0.1) is 18.8 Å². The van der Waals surface area contributed by atoms with Gasteiger partial charge in [-0.2, -0.15) is 0 Å². The lowest BCUT2D eigenvalue weighted by atomic mass is 9.88. The molecule has 94 valence electrons. The van der Waals surface area contributed by atoms with Crippen LogP contribution in [0.4, 0.5) is 0 Å². The molecule has 1 N–H and O–H groups in total. The average molecular weight is 234 g/mol. The molecule has 2 nitrogen and oxygen atoms in total. The zero-order valence-electron chi connectivity index (χ0n) is 11.0. The number of hydrogen-bond donors (Lipinski definition) is 1. The van der Waals surface area contributed by atoms with E-state index in [-0.39, 0.29) is 0 Å². The molecule has 0 saturated carbocycles. The first-order chi connectivity index (χ1) is 8.02. The molecule has 1 aliphatic heterocycles. The Labute approximate surface area is 104 Å². The summed E-state index contributed by atoms with van der Waals surface area (Å²) in [7, 11) is 0. The van der Waals surface area contributed by atoms with Crippen LogP contribution in [0.5, 0.6) is 0 Å². The number of rotatable bonds is 4. The van der Waals surface area contributed by atoms with Crippen LogP contribution < -0.4 is 0 Å². The molecule has 1 aliphatic rings. The lowest BCUT2D eigenvalue weighted by Crippen LogP contribution is -2.18. The molecule has 0 fully saturated rings. The Balaban J connectivity index is 2.39. The molecule has 0 aromatic heterocycles. The fourth-order valence-corrected chi connectivity index (χ4v) is 2.43. The van der Waals surface area contributed by atoms with E-state index in [0.29, 0.717) is 13.2 Å². The van der Waals surface area contributed by atoms with Gasteiger partial charge < -0.3 is 9.84 Å². The molecule has 0 bridgehead atoms. The minimum atomic E-state index is -0.778. The second-order valence-electron chi connectivity index (χ2n) is 5.44. The van der Waals surface area contributed by atoms with Gasteiger partial charge in [0.15, 0.2) is 0 Å². The van der Waals surface area contributed by atoms with Crippen molar-refractivity contribution in [3.05, 3.63) is 34.4 Å². The quantitative estimate of drug-likeness (QED) is 0.866. The maximum absolute atomic E-state index is 10.2. The molecule has 1 aromatic rings. The fourth-order valence-electron chi connectivity index (χ4n) is 2.43. The highest BCUT2D eigenvalue weighted by molar-refractivity contribution is 5.43. The molecular weight excluding hydrogens is 212 g/mol. The molecule has 0 radical (unpaired) electrons. The van der Waals surface area contributed by atoms with E-state index >= 15 is 0 Å². The maximum Gasteiger partial charge on any atom is 0.0844 e. The number of aliphatic hydroxyl groups is 1. The maximum atomic E-state index is 10.2. The Morgan fingerprint density at radius 3 is 2.71 bits per heavy atom. The summed E-state index contributed by atoms with van der Waals surface area (Å²) in [6.45, 7) is 7.24. The van der Waals surface area contributed by atoms with Gasteiger partial charge in [0.1, 0.15) is 0 Å². The Hall–Kier alpha value is -0.860. The van der Waals surface area contributed by atoms with Crippen molar-refractivity contribution in [2.24, 2.45) is 0 Å². The van der Waals surface area contributed by atoms with Gasteiger partial charge in [-0.05, 0) is 48.9 Å². The molecule has 0 atom stereocenters. The van der Waals surface area contributed by atoms with E-state index in [1.54, 1.807) is 0 Å². The fraction of sp³-hybridized carbons (Fsp3) is 0.600. The summed E-state index contributed by atoms with van der Waals surface area (Å²) < 4.78 is 5.50. The Kier molecular flexibility index (Phi) is 3.55. The van der Waals surface area contributed by atoms with E-state index < -0.39 is 5.60 Å². The zero-order valence-corrected chi connectivity index (χ0v) is 11.0. The number of hydrogen-bond acceptors (Lipinski definition) is 2. The SMILES string of the molecule is CCCCc1cc2c(c(C(C)(C)O)c1)COC2. The zero-order chi connectivity index (χ0) is 12.5. The summed E-state index contributed by atoms with van der Waals surface area (Å²) in [6, 6.07) is 4.40. The Morgan fingerprint density at radius 1 is 1.29 bits per heavy atom. The van der Waals surface area contributed by atoms with Crippen LogP contribution in [-0.2, 0) is 30.0 Å². The van der Waals surface area contributed by atoms with Gasteiger partial charge in [0.25, 0.3) is 0 Å². The molecule has 0 spiro atoms. The number of unbranched alkanes of at least 4 members (excludes halogenated alkanes) is 1. The summed E-state index contributed by atoms with van der Waals surface area (Å²) in [6.07, 6.45) is 3.49. The minimum Gasteiger partial charge on any atom is -0.386 e. The van der Waals surface area contributed by atoms with Crippen molar-refractivity contribution >= 4 is 0 Å². The summed E-state index contributed by atoms with van der Waals surface area (Å²) in [5.41, 5.74) is 4.04. The van der Waals surface area contributed by atoms with Crippen LogP contribution in [0.2, 0.25) is 0 Å². The Morgan fingerprint density at radius 2 is 2.06 bits per heavy atom. The largest absolute Gasteiger partial charge is 0.386 e. The highest BCUT2D eigenvalue weighted by Crippen LogP contribution is 2.32. The van der Waals surface area contributed by atoms with E-state index in [9.17, 15) is 5.11 Å². The number of fused-ring (bicyclic) bond motifs is 1. The van der Waals surface area contributed by atoms with Gasteiger partial charge in [-0.15, -0.1) is 0 Å². The average Bonchev–Trinajstić information content (AvgIpc) is 2.71. The number of benzene rings is 1. The van der Waals surface area contributed by atoms with Crippen LogP contribution >= 0.6 is 0 Å². The van der Waals surface area contributed by atoms with Gasteiger partial charge in [0, 0.05) is 0 Å². The summed E-state index contributed by atoms with van der Waals surface area (Å²) in [4.78, 5) is 0. The van der Waals surface area contributed by atoms with Crippen molar-refractivity contribution < 1.29 is 9.84 Å². The van der Waals surface area contributed by atoms with Crippen molar-refractivity contribution in [1.82, 2.24) is 0 Å². The molecule has 1 heterocycles. The standard InChI is InChI=1S/C15H22O2/c1-4-5-6-11-7-12-9-17-10-13(12)14(8-11)15(2,3)16/h7-8,16H,4-6,9-10H2,1-3H3. The lowest BCUT2D eigenvalue weighted by Gasteiger charge is -2.22. The highest BCUT2D eigenvalue weighted by Gasteiger charge is 2.25. The van der Waals surface area contributed by atoms with Gasteiger partial charge >= 0.3 is 0 Å². The van der Waals surface area contributed by atoms with Crippen molar-refractivity contribution in [3.8, 4) is 0 Å². The number of ether oxygens (including phenoxy) is 1. The molecule has 2 rings (SSSR count). The van der Waals surface area contributed by atoms with Crippen molar-refractivity contribution in [2.45, 2.75) is 58.8 Å². The van der Waals surface area contributed by atoms with Crippen molar-refractivity contribution in [1.29, 1.82) is 0 Å². The summed E-state index contributed by atoms with van der Waals surface area (Å²) in [5.74, 6) is 0. The van der Waals surface area contributed by atoms with Crippen LogP contribution in [0.1, 0.15) is 55.9 Å². The molecular formula is C15H22O2. The third-order valence-electron chi connectivity index (χ3n) is 3.38. The number of aryl methyl sites for hydroxylation is 1. The van der Waals surface area contributed by atoms with Gasteiger partial charge in [0.2, 0.25) is 0 Å². The van der Waals surface area contributed by atoms with Crippen LogP contribution in [0.25, 0.3) is 0 Å². The van der Waals surface area contributed by atoms with Crippen LogP contribution in [0.15, 0.2) is 12.1 Å². The normalized spacial score (nSPS) is 15.1. The third kappa shape index (κ3) is 2.70.